The Labute approximate surface area is 314 Å². The number of ether oxygens (including phenoxy) is 2. The molecule has 11 heteroatoms. The van der Waals surface area contributed by atoms with E-state index in [0.29, 0.717) is 12.8 Å². The number of amides is 1. The fraction of sp³-hybridized carbons (Fsp3) is 0.829. The smallest absolute Gasteiger partial charge is 0.249 e. The third-order valence-corrected chi connectivity index (χ3v) is 9.67. The van der Waals surface area contributed by atoms with Crippen molar-refractivity contribution in [2.45, 2.75) is 204 Å². The number of allylic oxidation sites excluding steroid dienone is 6. The molecule has 9 atom stereocenters. The zero-order chi connectivity index (χ0) is 38.4. The predicted molar refractivity (Wildman–Crippen MR) is 205 cm³/mol. The van der Waals surface area contributed by atoms with Crippen LogP contribution in [0, 0.1) is 0 Å². The van der Waals surface area contributed by atoms with Crippen LogP contribution in [0.2, 0.25) is 0 Å². The van der Waals surface area contributed by atoms with Crippen molar-refractivity contribution >= 4 is 5.91 Å². The summed E-state index contributed by atoms with van der Waals surface area (Å²) in [6.45, 7) is 3.31. The number of carbonyl (C=O) groups is 1. The summed E-state index contributed by atoms with van der Waals surface area (Å²) >= 11 is 0. The molecule has 1 heterocycles. The molecule has 0 aromatic heterocycles. The lowest BCUT2D eigenvalue weighted by Crippen LogP contribution is -2.60. The highest BCUT2D eigenvalue weighted by Gasteiger charge is 2.44. The van der Waals surface area contributed by atoms with Crippen molar-refractivity contribution in [1.82, 2.24) is 5.32 Å². The third-order valence-electron chi connectivity index (χ3n) is 9.67. The number of aliphatic hydroxyl groups is 7. The average Bonchev–Trinajstić information content (AvgIpc) is 3.14. The van der Waals surface area contributed by atoms with E-state index in [1.165, 1.54) is 44.9 Å². The largest absolute Gasteiger partial charge is 0.394 e. The Morgan fingerprint density at radius 3 is 1.81 bits per heavy atom. The second kappa shape index (κ2) is 31.7. The van der Waals surface area contributed by atoms with E-state index < -0.39 is 74.2 Å². The quantitative estimate of drug-likeness (QED) is 0.0333. The first kappa shape index (κ1) is 48.3. The van der Waals surface area contributed by atoms with Gasteiger partial charge in [0.25, 0.3) is 0 Å². The maximum Gasteiger partial charge on any atom is 0.249 e. The summed E-state index contributed by atoms with van der Waals surface area (Å²) in [7, 11) is 0. The summed E-state index contributed by atoms with van der Waals surface area (Å²) in [6.07, 6.45) is 22.1. The van der Waals surface area contributed by atoms with E-state index in [2.05, 4.69) is 55.6 Å². The number of unbranched alkanes of at least 4 members (excludes halogenated alkanes) is 14. The minimum Gasteiger partial charge on any atom is -0.394 e. The molecule has 8 N–H and O–H groups in total. The van der Waals surface area contributed by atoms with E-state index >= 15 is 0 Å². The number of rotatable bonds is 32. The normalized spacial score (nSPS) is 23.4. The molecule has 0 saturated carbocycles. The maximum atomic E-state index is 13.0. The highest BCUT2D eigenvalue weighted by Crippen LogP contribution is 2.23. The topological polar surface area (TPSA) is 189 Å². The predicted octanol–water partition coefficient (Wildman–Crippen LogP) is 5.27. The van der Waals surface area contributed by atoms with Crippen LogP contribution in [0.4, 0.5) is 0 Å². The van der Waals surface area contributed by atoms with Crippen molar-refractivity contribution in [2.75, 3.05) is 13.2 Å². The molecule has 1 saturated heterocycles. The lowest BCUT2D eigenvalue weighted by molar-refractivity contribution is -0.303. The van der Waals surface area contributed by atoms with Crippen molar-refractivity contribution in [3.63, 3.8) is 0 Å². The van der Waals surface area contributed by atoms with E-state index in [9.17, 15) is 40.5 Å². The van der Waals surface area contributed by atoms with Crippen molar-refractivity contribution in [1.29, 1.82) is 0 Å². The number of nitrogens with one attached hydrogen (secondary N) is 1. The van der Waals surface area contributed by atoms with Crippen molar-refractivity contribution in [3.8, 4) is 0 Å². The van der Waals surface area contributed by atoms with Gasteiger partial charge in [0, 0.05) is 0 Å². The van der Waals surface area contributed by atoms with E-state index in [1.54, 1.807) is 0 Å². The lowest BCUT2D eigenvalue weighted by atomic mass is 9.98. The summed E-state index contributed by atoms with van der Waals surface area (Å²) < 4.78 is 11.0. The molecule has 304 valence electrons. The molecular weight excluding hydrogens is 666 g/mol. The SMILES string of the molecule is CCCCC/C=C\C/C=C\CCCCCCCCC(O)C(=O)NC(COC1OC(CO)C(O)C(O)C1O)C(O)C(O)CCC/C=C/CCCCCC. The first-order chi connectivity index (χ1) is 25.2. The molecule has 0 aliphatic carbocycles. The van der Waals surface area contributed by atoms with Gasteiger partial charge in [-0.2, -0.15) is 0 Å². The van der Waals surface area contributed by atoms with Crippen LogP contribution in [-0.2, 0) is 14.3 Å². The molecule has 1 fully saturated rings. The molecule has 0 spiro atoms. The van der Waals surface area contributed by atoms with Crippen molar-refractivity contribution in [2.24, 2.45) is 0 Å². The van der Waals surface area contributed by atoms with Gasteiger partial charge in [-0.25, -0.2) is 0 Å². The molecule has 9 unspecified atom stereocenters. The Balaban J connectivity index is 2.53. The second-order valence-electron chi connectivity index (χ2n) is 14.3. The molecule has 1 aliphatic heterocycles. The number of carbonyl (C=O) groups excluding carboxylic acids is 1. The summed E-state index contributed by atoms with van der Waals surface area (Å²) in [6, 6.07) is -1.19. The van der Waals surface area contributed by atoms with E-state index in [-0.39, 0.29) is 12.8 Å². The lowest BCUT2D eigenvalue weighted by Gasteiger charge is -2.40. The number of hydrogen-bond acceptors (Lipinski definition) is 10. The van der Waals surface area contributed by atoms with Crippen LogP contribution in [-0.4, -0.2) is 110 Å². The first-order valence-electron chi connectivity index (χ1n) is 20.4. The van der Waals surface area contributed by atoms with Crippen molar-refractivity contribution in [3.05, 3.63) is 36.5 Å². The van der Waals surface area contributed by atoms with E-state index in [1.807, 2.05) is 0 Å². The molecule has 0 bridgehead atoms. The van der Waals surface area contributed by atoms with Gasteiger partial charge in [0.1, 0.15) is 36.6 Å². The van der Waals surface area contributed by atoms with Crippen LogP contribution in [0.3, 0.4) is 0 Å². The molecule has 1 rings (SSSR count). The zero-order valence-electron chi connectivity index (χ0n) is 32.3. The van der Waals surface area contributed by atoms with Gasteiger partial charge in [-0.3, -0.25) is 4.79 Å². The summed E-state index contributed by atoms with van der Waals surface area (Å²) in [4.78, 5) is 13.0. The fourth-order valence-corrected chi connectivity index (χ4v) is 6.17. The summed E-state index contributed by atoms with van der Waals surface area (Å²) in [5.41, 5.74) is 0. The maximum absolute atomic E-state index is 13.0. The average molecular weight is 742 g/mol. The molecule has 0 aromatic rings. The Hall–Kier alpha value is -1.67. The van der Waals surface area contributed by atoms with Gasteiger partial charge in [-0.15, -0.1) is 0 Å². The van der Waals surface area contributed by atoms with Gasteiger partial charge >= 0.3 is 0 Å². The molecule has 0 radical (unpaired) electrons. The van der Waals surface area contributed by atoms with Crippen LogP contribution in [0.25, 0.3) is 0 Å². The van der Waals surface area contributed by atoms with Crippen LogP contribution in [0.5, 0.6) is 0 Å². The third kappa shape index (κ3) is 21.9. The Kier molecular flexibility index (Phi) is 29.4. The molecule has 1 amide bonds. The van der Waals surface area contributed by atoms with Gasteiger partial charge in [0.05, 0.1) is 25.4 Å². The van der Waals surface area contributed by atoms with Gasteiger partial charge in [-0.05, 0) is 70.6 Å². The minimum atomic E-state index is -1.67. The highest BCUT2D eigenvalue weighted by molar-refractivity contribution is 5.80. The molecule has 1 aliphatic rings. The Morgan fingerprint density at radius 2 is 1.19 bits per heavy atom. The van der Waals surface area contributed by atoms with Gasteiger partial charge in [-0.1, -0.05) is 115 Å². The zero-order valence-corrected chi connectivity index (χ0v) is 32.3. The molecule has 11 nitrogen and oxygen atoms in total. The van der Waals surface area contributed by atoms with E-state index in [0.717, 1.165) is 64.2 Å². The standard InChI is InChI=1S/C41H75NO10/c1-3-5-7-9-11-13-14-15-16-17-18-19-21-23-25-27-29-34(45)40(50)42-32(31-51-41-39(49)38(48)37(47)35(30-43)52-41)36(46)33(44)28-26-24-22-20-12-10-8-6-4-2/h11,13,15-16,20,22,32-39,41,43-49H,3-10,12,14,17-19,21,23-31H2,1-2H3,(H,42,50)/b13-11-,16-15-,22-20+. The van der Waals surface area contributed by atoms with Gasteiger partial charge < -0.3 is 50.5 Å². The number of hydrogen-bond donors (Lipinski definition) is 8. The monoisotopic (exact) mass is 742 g/mol. The van der Waals surface area contributed by atoms with Crippen LogP contribution in [0.15, 0.2) is 36.5 Å². The Morgan fingerprint density at radius 1 is 0.673 bits per heavy atom. The van der Waals surface area contributed by atoms with Gasteiger partial charge in [0.2, 0.25) is 5.91 Å². The number of aliphatic hydroxyl groups excluding tert-OH is 7. The fourth-order valence-electron chi connectivity index (χ4n) is 6.17. The van der Waals surface area contributed by atoms with Crippen LogP contribution >= 0.6 is 0 Å². The van der Waals surface area contributed by atoms with Crippen LogP contribution < -0.4 is 5.32 Å². The second-order valence-corrected chi connectivity index (χ2v) is 14.3. The van der Waals surface area contributed by atoms with Gasteiger partial charge in [0.15, 0.2) is 6.29 Å². The minimum absolute atomic E-state index is 0.240. The Bertz CT molecular complexity index is 945. The van der Waals surface area contributed by atoms with Crippen molar-refractivity contribution < 1.29 is 50.0 Å². The highest BCUT2D eigenvalue weighted by atomic mass is 16.7. The summed E-state index contributed by atoms with van der Waals surface area (Å²) in [5, 5.41) is 75.1. The molecular formula is C41H75NO10. The molecule has 52 heavy (non-hydrogen) atoms. The molecule has 0 aromatic carbocycles. The van der Waals surface area contributed by atoms with Crippen LogP contribution in [0.1, 0.15) is 149 Å². The first-order valence-corrected chi connectivity index (χ1v) is 20.4. The van der Waals surface area contributed by atoms with E-state index in [4.69, 9.17) is 9.47 Å². The summed E-state index contributed by atoms with van der Waals surface area (Å²) in [5.74, 6) is -0.720.